The lowest BCUT2D eigenvalue weighted by molar-refractivity contribution is 0.261. The normalized spacial score (nSPS) is 19.1. The first-order chi connectivity index (χ1) is 6.95. The minimum atomic E-state index is 0.912. The van der Waals surface area contributed by atoms with Gasteiger partial charge in [-0.1, -0.05) is 30.3 Å². The summed E-state index contributed by atoms with van der Waals surface area (Å²) in [6.07, 6.45) is 2.54. The van der Waals surface area contributed by atoms with Gasteiger partial charge in [-0.2, -0.15) is 0 Å². The second-order valence-corrected chi connectivity index (χ2v) is 3.83. The van der Waals surface area contributed by atoms with Crippen LogP contribution in [0, 0.1) is 0 Å². The summed E-state index contributed by atoms with van der Waals surface area (Å²) in [7, 11) is 0. The van der Waals surface area contributed by atoms with Crippen molar-refractivity contribution in [2.24, 2.45) is 0 Å². The molecule has 2 nitrogen and oxygen atoms in total. The van der Waals surface area contributed by atoms with Crippen molar-refractivity contribution in [1.82, 2.24) is 10.2 Å². The van der Waals surface area contributed by atoms with Gasteiger partial charge in [0.15, 0.2) is 0 Å². The first-order valence-corrected chi connectivity index (χ1v) is 5.35. The minimum Gasteiger partial charge on any atom is -0.285 e. The zero-order valence-electron chi connectivity index (χ0n) is 8.52. The summed E-state index contributed by atoms with van der Waals surface area (Å²) in [6, 6.07) is 10.6. The molecule has 1 aliphatic heterocycles. The predicted octanol–water partition coefficient (Wildman–Crippen LogP) is 1.84. The van der Waals surface area contributed by atoms with Crippen molar-refractivity contribution in [3.8, 4) is 0 Å². The van der Waals surface area contributed by atoms with Crippen molar-refractivity contribution in [3.63, 3.8) is 0 Å². The summed E-state index contributed by atoms with van der Waals surface area (Å²) in [6.45, 7) is 4.20. The molecule has 0 aliphatic carbocycles. The van der Waals surface area contributed by atoms with E-state index in [1.54, 1.807) is 0 Å². The SMILES string of the molecule is c1ccc(CN2CCCC[N]C2)cc1. The summed E-state index contributed by atoms with van der Waals surface area (Å²) in [5.74, 6) is 0. The summed E-state index contributed by atoms with van der Waals surface area (Å²) in [5.41, 5.74) is 1.39. The second-order valence-electron chi connectivity index (χ2n) is 3.83. The van der Waals surface area contributed by atoms with Crippen LogP contribution in [0.5, 0.6) is 0 Å². The van der Waals surface area contributed by atoms with Crippen LogP contribution < -0.4 is 5.32 Å². The molecule has 75 valence electrons. The Balaban J connectivity index is 1.90. The van der Waals surface area contributed by atoms with Gasteiger partial charge in [-0.05, 0) is 24.9 Å². The molecule has 1 aromatic carbocycles. The molecule has 0 unspecified atom stereocenters. The number of benzene rings is 1. The maximum atomic E-state index is 4.47. The fourth-order valence-electron chi connectivity index (χ4n) is 1.81. The second kappa shape index (κ2) is 5.13. The molecule has 1 heterocycles. The Morgan fingerprint density at radius 1 is 1.14 bits per heavy atom. The van der Waals surface area contributed by atoms with E-state index in [0.29, 0.717) is 0 Å². The molecular formula is C12H17N2. The molecular weight excluding hydrogens is 172 g/mol. The molecule has 1 radical (unpaired) electrons. The van der Waals surface area contributed by atoms with E-state index in [1.807, 2.05) is 0 Å². The van der Waals surface area contributed by atoms with Crippen molar-refractivity contribution >= 4 is 0 Å². The van der Waals surface area contributed by atoms with Crippen molar-refractivity contribution in [2.75, 3.05) is 19.8 Å². The van der Waals surface area contributed by atoms with Crippen LogP contribution in [0.2, 0.25) is 0 Å². The number of hydrogen-bond donors (Lipinski definition) is 0. The Kier molecular flexibility index (Phi) is 3.55. The van der Waals surface area contributed by atoms with Crippen LogP contribution in [-0.2, 0) is 6.54 Å². The minimum absolute atomic E-state index is 0.912. The third-order valence-electron chi connectivity index (χ3n) is 2.59. The van der Waals surface area contributed by atoms with E-state index in [9.17, 15) is 0 Å². The van der Waals surface area contributed by atoms with E-state index in [-0.39, 0.29) is 0 Å². The monoisotopic (exact) mass is 189 g/mol. The van der Waals surface area contributed by atoms with Gasteiger partial charge in [0.05, 0.1) is 6.67 Å². The van der Waals surface area contributed by atoms with Gasteiger partial charge in [-0.3, -0.25) is 4.90 Å². The lowest BCUT2D eigenvalue weighted by Gasteiger charge is -2.18. The highest BCUT2D eigenvalue weighted by atomic mass is 15.2. The molecule has 0 atom stereocenters. The summed E-state index contributed by atoms with van der Waals surface area (Å²) in [5, 5.41) is 4.47. The number of rotatable bonds is 2. The number of nitrogens with zero attached hydrogens (tertiary/aromatic N) is 2. The van der Waals surface area contributed by atoms with Gasteiger partial charge in [-0.25, -0.2) is 5.32 Å². The molecule has 0 bridgehead atoms. The van der Waals surface area contributed by atoms with Gasteiger partial charge in [0.25, 0.3) is 0 Å². The maximum absolute atomic E-state index is 4.47. The van der Waals surface area contributed by atoms with E-state index < -0.39 is 0 Å². The van der Waals surface area contributed by atoms with Crippen molar-refractivity contribution < 1.29 is 0 Å². The van der Waals surface area contributed by atoms with Crippen molar-refractivity contribution in [1.29, 1.82) is 0 Å². The van der Waals surface area contributed by atoms with Crippen LogP contribution in [0.4, 0.5) is 0 Å². The quantitative estimate of drug-likeness (QED) is 0.694. The van der Waals surface area contributed by atoms with Gasteiger partial charge >= 0.3 is 0 Å². The van der Waals surface area contributed by atoms with Crippen LogP contribution in [0.15, 0.2) is 30.3 Å². The fourth-order valence-corrected chi connectivity index (χ4v) is 1.81. The van der Waals surface area contributed by atoms with Crippen molar-refractivity contribution in [2.45, 2.75) is 19.4 Å². The first kappa shape index (κ1) is 9.69. The van der Waals surface area contributed by atoms with Gasteiger partial charge in [0.1, 0.15) is 0 Å². The zero-order valence-corrected chi connectivity index (χ0v) is 8.52. The van der Waals surface area contributed by atoms with Crippen LogP contribution in [0.3, 0.4) is 0 Å². The molecule has 0 spiro atoms. The first-order valence-electron chi connectivity index (χ1n) is 5.35. The molecule has 1 fully saturated rings. The van der Waals surface area contributed by atoms with Crippen LogP contribution >= 0.6 is 0 Å². The Bertz CT molecular complexity index is 250. The van der Waals surface area contributed by atoms with E-state index >= 15 is 0 Å². The Hall–Kier alpha value is -0.860. The standard InChI is InChI=1S/C12H17N2/c1-2-6-12(7-3-1)10-14-9-5-4-8-13-11-14/h1-3,6-7H,4-5,8-11H2. The molecule has 1 aliphatic rings. The molecule has 0 saturated carbocycles. The largest absolute Gasteiger partial charge is 0.285 e. The third kappa shape index (κ3) is 2.82. The predicted molar refractivity (Wildman–Crippen MR) is 58.0 cm³/mol. The van der Waals surface area contributed by atoms with Crippen LogP contribution in [0.25, 0.3) is 0 Å². The third-order valence-corrected chi connectivity index (χ3v) is 2.59. The van der Waals surface area contributed by atoms with Crippen LogP contribution in [0.1, 0.15) is 18.4 Å². The highest BCUT2D eigenvalue weighted by Gasteiger charge is 2.08. The lowest BCUT2D eigenvalue weighted by Crippen LogP contribution is -2.28. The van der Waals surface area contributed by atoms with E-state index in [1.165, 1.54) is 24.9 Å². The Labute approximate surface area is 85.9 Å². The molecule has 2 heteroatoms. The molecule has 1 saturated heterocycles. The van der Waals surface area contributed by atoms with Gasteiger partial charge in [0, 0.05) is 13.1 Å². The molecule has 1 aromatic rings. The number of hydrogen-bond acceptors (Lipinski definition) is 1. The van der Waals surface area contributed by atoms with E-state index in [0.717, 1.165) is 19.8 Å². The zero-order chi connectivity index (χ0) is 9.64. The fraction of sp³-hybridized carbons (Fsp3) is 0.500. The average Bonchev–Trinajstić information content (AvgIpc) is 2.48. The molecule has 14 heavy (non-hydrogen) atoms. The topological polar surface area (TPSA) is 17.3 Å². The van der Waals surface area contributed by atoms with Crippen molar-refractivity contribution in [3.05, 3.63) is 35.9 Å². The highest BCUT2D eigenvalue weighted by molar-refractivity contribution is 5.14. The molecule has 0 aromatic heterocycles. The summed E-state index contributed by atoms with van der Waals surface area (Å²) < 4.78 is 0. The Morgan fingerprint density at radius 3 is 2.86 bits per heavy atom. The Morgan fingerprint density at radius 2 is 2.00 bits per heavy atom. The van der Waals surface area contributed by atoms with E-state index in [4.69, 9.17) is 0 Å². The van der Waals surface area contributed by atoms with Gasteiger partial charge in [-0.15, -0.1) is 0 Å². The average molecular weight is 189 g/mol. The maximum Gasteiger partial charge on any atom is 0.0651 e. The molecule has 0 amide bonds. The highest BCUT2D eigenvalue weighted by Crippen LogP contribution is 2.07. The van der Waals surface area contributed by atoms with Gasteiger partial charge in [0.2, 0.25) is 0 Å². The van der Waals surface area contributed by atoms with Crippen LogP contribution in [-0.4, -0.2) is 24.7 Å². The smallest absolute Gasteiger partial charge is 0.0651 e. The van der Waals surface area contributed by atoms with E-state index in [2.05, 4.69) is 40.5 Å². The lowest BCUT2D eigenvalue weighted by atomic mass is 10.2. The molecule has 2 rings (SSSR count). The molecule has 0 N–H and O–H groups in total. The van der Waals surface area contributed by atoms with Gasteiger partial charge < -0.3 is 0 Å². The summed E-state index contributed by atoms with van der Waals surface area (Å²) in [4.78, 5) is 2.42. The summed E-state index contributed by atoms with van der Waals surface area (Å²) >= 11 is 0.